The molecule has 1 amide bonds. The number of amides is 1. The van der Waals surface area contributed by atoms with Gasteiger partial charge in [-0.1, -0.05) is 122 Å². The summed E-state index contributed by atoms with van der Waals surface area (Å²) in [6.45, 7) is 3.31. The van der Waals surface area contributed by atoms with Crippen molar-refractivity contribution in [1.29, 1.82) is 0 Å². The molecule has 0 saturated carbocycles. The number of rotatable bonds is 24. The molecular weight excluding hydrogens is 360 g/mol. The molecule has 0 saturated heterocycles. The summed E-state index contributed by atoms with van der Waals surface area (Å²) in [6, 6.07) is 0. The lowest BCUT2D eigenvalue weighted by Crippen LogP contribution is -2.25. The smallest absolute Gasteiger partial charge is 0.219 e. The largest absolute Gasteiger partial charge is 0.788 e. The van der Waals surface area contributed by atoms with Crippen molar-refractivity contribution in [3.05, 3.63) is 5.21 Å². The van der Waals surface area contributed by atoms with Crippen LogP contribution in [0.25, 0.3) is 0 Å². The van der Waals surface area contributed by atoms with Gasteiger partial charge >= 0.3 is 0 Å². The molecule has 4 nitrogen and oxygen atoms in total. The summed E-state index contributed by atoms with van der Waals surface area (Å²) in [6.07, 6.45) is 27.4. The summed E-state index contributed by atoms with van der Waals surface area (Å²) in [7, 11) is 0. The minimum absolute atomic E-state index is 0.128. The van der Waals surface area contributed by atoms with Gasteiger partial charge in [-0.2, -0.15) is 0 Å². The van der Waals surface area contributed by atoms with Crippen LogP contribution in [0.4, 0.5) is 0 Å². The first kappa shape index (κ1) is 28.4. The minimum atomic E-state index is 0.128. The molecule has 174 valence electrons. The monoisotopic (exact) mass is 411 g/mol. The van der Waals surface area contributed by atoms with Gasteiger partial charge in [0.2, 0.25) is 5.91 Å². The molecule has 0 fully saturated rings. The number of hydrogen-bond acceptors (Lipinski definition) is 3. The van der Waals surface area contributed by atoms with E-state index in [1.165, 1.54) is 109 Å². The summed E-state index contributed by atoms with van der Waals surface area (Å²) in [5.74, 6) is 0.128. The van der Waals surface area contributed by atoms with E-state index in [1.54, 1.807) is 0 Å². The number of hydroxylamine groups is 1. The molecule has 0 bridgehead atoms. The molecule has 0 atom stereocenters. The highest BCUT2D eigenvalue weighted by atomic mass is 16.5. The average Bonchev–Trinajstić information content (AvgIpc) is 2.73. The Kier molecular flexibility index (Phi) is 24.9. The van der Waals surface area contributed by atoms with Gasteiger partial charge in [0.1, 0.15) is 0 Å². The molecule has 0 aromatic heterocycles. The molecule has 0 aliphatic heterocycles. The quantitative estimate of drug-likeness (QED) is 0.128. The Morgan fingerprint density at radius 1 is 0.552 bits per heavy atom. The Labute approximate surface area is 182 Å². The van der Waals surface area contributed by atoms with Crippen molar-refractivity contribution < 1.29 is 4.79 Å². The Hall–Kier alpha value is -0.610. The predicted octanol–water partition coefficient (Wildman–Crippen LogP) is 7.40. The van der Waals surface area contributed by atoms with Crippen molar-refractivity contribution in [2.45, 2.75) is 142 Å². The molecule has 0 unspecified atom stereocenters. The number of hydrogen-bond donors (Lipinski definition) is 2. The van der Waals surface area contributed by atoms with Gasteiger partial charge in [0.15, 0.2) is 0 Å². The maximum atomic E-state index is 11.6. The number of carbonyl (C=O) groups is 1. The van der Waals surface area contributed by atoms with E-state index in [4.69, 9.17) is 0 Å². The van der Waals surface area contributed by atoms with Crippen LogP contribution in [0.5, 0.6) is 0 Å². The highest BCUT2D eigenvalue weighted by Gasteiger charge is 2.00. The fourth-order valence-electron chi connectivity index (χ4n) is 3.84. The van der Waals surface area contributed by atoms with E-state index in [-0.39, 0.29) is 5.91 Å². The van der Waals surface area contributed by atoms with Crippen LogP contribution in [0.3, 0.4) is 0 Å². The number of carbonyl (C=O) groups excluding carboxylic acids is 1. The van der Waals surface area contributed by atoms with E-state index in [2.05, 4.69) is 12.2 Å². The topological polar surface area (TPSA) is 64.2 Å². The van der Waals surface area contributed by atoms with Crippen LogP contribution in [-0.4, -0.2) is 19.0 Å². The summed E-state index contributed by atoms with van der Waals surface area (Å²) >= 11 is 0. The summed E-state index contributed by atoms with van der Waals surface area (Å²) < 4.78 is 0. The standard InChI is InChI=1S/C25H51N2O2/c1-2-3-4-5-6-7-8-9-10-11-12-13-14-15-16-17-18-19-20-22-25(28)26-23-21-24-27-29/h27H,2-24H2,1H3,(H,26,28)/q-1. The zero-order valence-corrected chi connectivity index (χ0v) is 19.6. The van der Waals surface area contributed by atoms with Crippen LogP contribution in [-0.2, 0) is 4.79 Å². The van der Waals surface area contributed by atoms with Crippen molar-refractivity contribution in [2.75, 3.05) is 13.1 Å². The maximum absolute atomic E-state index is 11.6. The van der Waals surface area contributed by atoms with Crippen molar-refractivity contribution >= 4 is 5.91 Å². The van der Waals surface area contributed by atoms with E-state index in [0.717, 1.165) is 12.8 Å². The third-order valence-electron chi connectivity index (χ3n) is 5.79. The number of unbranched alkanes of at least 4 members (excludes halogenated alkanes) is 18. The minimum Gasteiger partial charge on any atom is -0.788 e. The van der Waals surface area contributed by atoms with E-state index in [1.807, 2.05) is 5.48 Å². The number of nitrogens with one attached hydrogen (secondary N) is 2. The highest BCUT2D eigenvalue weighted by Crippen LogP contribution is 2.14. The second-order valence-corrected chi connectivity index (χ2v) is 8.71. The Morgan fingerprint density at radius 3 is 1.31 bits per heavy atom. The van der Waals surface area contributed by atoms with Crippen molar-refractivity contribution in [3.8, 4) is 0 Å². The second-order valence-electron chi connectivity index (χ2n) is 8.71. The van der Waals surface area contributed by atoms with E-state index in [0.29, 0.717) is 25.9 Å². The van der Waals surface area contributed by atoms with Gasteiger partial charge in [-0.3, -0.25) is 4.79 Å². The molecule has 2 N–H and O–H groups in total. The molecule has 29 heavy (non-hydrogen) atoms. The maximum Gasteiger partial charge on any atom is 0.219 e. The molecule has 0 aromatic carbocycles. The van der Waals surface area contributed by atoms with Gasteiger partial charge < -0.3 is 16.0 Å². The van der Waals surface area contributed by atoms with Crippen molar-refractivity contribution in [1.82, 2.24) is 10.8 Å². The Balaban J connectivity index is 3.07. The van der Waals surface area contributed by atoms with Gasteiger partial charge in [0.25, 0.3) is 0 Å². The average molecular weight is 412 g/mol. The first-order chi connectivity index (χ1) is 14.3. The van der Waals surface area contributed by atoms with Crippen LogP contribution in [0.1, 0.15) is 142 Å². The van der Waals surface area contributed by atoms with Gasteiger partial charge in [-0.25, -0.2) is 0 Å². The highest BCUT2D eigenvalue weighted by molar-refractivity contribution is 5.75. The Bertz CT molecular complexity index is 324. The summed E-state index contributed by atoms with van der Waals surface area (Å²) in [5, 5.41) is 12.9. The van der Waals surface area contributed by atoms with Crippen LogP contribution in [0.15, 0.2) is 0 Å². The normalized spacial score (nSPS) is 11.1. The fourth-order valence-corrected chi connectivity index (χ4v) is 3.84. The molecule has 0 spiro atoms. The first-order valence-electron chi connectivity index (χ1n) is 12.9. The lowest BCUT2D eigenvalue weighted by atomic mass is 10.0. The van der Waals surface area contributed by atoms with Gasteiger partial charge in [0.05, 0.1) is 0 Å². The second kappa shape index (κ2) is 25.4. The van der Waals surface area contributed by atoms with E-state index in [9.17, 15) is 10.0 Å². The lowest BCUT2D eigenvalue weighted by Gasteiger charge is -2.08. The molecule has 0 aliphatic rings. The van der Waals surface area contributed by atoms with Crippen LogP contribution in [0.2, 0.25) is 0 Å². The predicted molar refractivity (Wildman–Crippen MR) is 127 cm³/mol. The fraction of sp³-hybridized carbons (Fsp3) is 0.960. The molecule has 0 heterocycles. The van der Waals surface area contributed by atoms with Gasteiger partial charge in [-0.15, -0.1) is 0 Å². The zero-order chi connectivity index (χ0) is 21.3. The zero-order valence-electron chi connectivity index (χ0n) is 19.6. The molecule has 4 heteroatoms. The van der Waals surface area contributed by atoms with Crippen LogP contribution >= 0.6 is 0 Å². The molecule has 0 aliphatic carbocycles. The molecule has 0 rings (SSSR count). The van der Waals surface area contributed by atoms with Crippen molar-refractivity contribution in [3.63, 3.8) is 0 Å². The molecule has 0 aromatic rings. The van der Waals surface area contributed by atoms with Crippen LogP contribution < -0.4 is 10.8 Å². The van der Waals surface area contributed by atoms with Gasteiger partial charge in [0, 0.05) is 13.0 Å². The van der Waals surface area contributed by atoms with Crippen molar-refractivity contribution in [2.24, 2.45) is 0 Å². The third-order valence-corrected chi connectivity index (χ3v) is 5.79. The van der Waals surface area contributed by atoms with Gasteiger partial charge in [-0.05, 0) is 19.4 Å². The van der Waals surface area contributed by atoms with Crippen LogP contribution in [0, 0.1) is 5.21 Å². The first-order valence-corrected chi connectivity index (χ1v) is 12.9. The molecular formula is C25H51N2O2-. The molecule has 0 radical (unpaired) electrons. The van der Waals surface area contributed by atoms with E-state index >= 15 is 0 Å². The van der Waals surface area contributed by atoms with E-state index < -0.39 is 0 Å². The lowest BCUT2D eigenvalue weighted by molar-refractivity contribution is -0.121. The summed E-state index contributed by atoms with van der Waals surface area (Å²) in [4.78, 5) is 11.6. The summed E-state index contributed by atoms with van der Waals surface area (Å²) in [5.41, 5.74) is 1.85. The SMILES string of the molecule is CCCCCCCCCCCCCCCCCCCCCC(=O)NCCCN[O-]. The Morgan fingerprint density at radius 2 is 0.931 bits per heavy atom. The third kappa shape index (κ3) is 25.4.